The fourth-order valence-electron chi connectivity index (χ4n) is 2.73. The predicted octanol–water partition coefficient (Wildman–Crippen LogP) is 3.24. The maximum Gasteiger partial charge on any atom is 0.337 e. The first kappa shape index (κ1) is 11.9. The Morgan fingerprint density at radius 1 is 1.21 bits per heavy atom. The van der Waals surface area contributed by atoms with Gasteiger partial charge < -0.3 is 5.11 Å². The van der Waals surface area contributed by atoms with Crippen LogP contribution in [-0.2, 0) is 12.8 Å². The molecule has 0 saturated carbocycles. The van der Waals surface area contributed by atoms with Gasteiger partial charge in [0.15, 0.2) is 0 Å². The molecule has 19 heavy (non-hydrogen) atoms. The van der Waals surface area contributed by atoms with Crippen LogP contribution in [0, 0.1) is 6.92 Å². The number of hydrogen-bond acceptors (Lipinski definition) is 2. The van der Waals surface area contributed by atoms with Crippen molar-refractivity contribution in [3.8, 4) is 11.3 Å². The van der Waals surface area contributed by atoms with E-state index in [0.29, 0.717) is 11.3 Å². The lowest BCUT2D eigenvalue weighted by molar-refractivity contribution is 0.0695. The van der Waals surface area contributed by atoms with Crippen molar-refractivity contribution in [3.05, 3.63) is 52.7 Å². The Morgan fingerprint density at radius 2 is 1.95 bits per heavy atom. The van der Waals surface area contributed by atoms with E-state index in [0.717, 1.165) is 36.1 Å². The van der Waals surface area contributed by atoms with Crippen LogP contribution in [0.4, 0.5) is 0 Å². The number of rotatable bonds is 1. The molecule has 0 atom stereocenters. The molecular weight excluding hydrogens is 238 g/mol. The van der Waals surface area contributed by atoms with Crippen LogP contribution in [0.3, 0.4) is 0 Å². The number of aryl methyl sites for hydroxylation is 3. The first-order valence-electron chi connectivity index (χ1n) is 6.49. The lowest BCUT2D eigenvalue weighted by Crippen LogP contribution is -2.05. The number of carbonyl (C=O) groups is 1. The van der Waals surface area contributed by atoms with Crippen molar-refractivity contribution in [2.45, 2.75) is 26.2 Å². The van der Waals surface area contributed by atoms with Crippen LogP contribution in [0.2, 0.25) is 0 Å². The second-order valence-corrected chi connectivity index (χ2v) is 4.94. The van der Waals surface area contributed by atoms with E-state index < -0.39 is 5.97 Å². The maximum absolute atomic E-state index is 11.2. The molecular formula is C16H15NO2. The molecule has 3 nitrogen and oxygen atoms in total. The van der Waals surface area contributed by atoms with Crippen LogP contribution in [0.5, 0.6) is 0 Å². The zero-order chi connectivity index (χ0) is 13.4. The van der Waals surface area contributed by atoms with Crippen molar-refractivity contribution in [2.24, 2.45) is 0 Å². The maximum atomic E-state index is 11.2. The Labute approximate surface area is 111 Å². The van der Waals surface area contributed by atoms with Gasteiger partial charge in [-0.15, -0.1) is 0 Å². The van der Waals surface area contributed by atoms with Crippen LogP contribution >= 0.6 is 0 Å². The molecule has 0 aliphatic heterocycles. The smallest absolute Gasteiger partial charge is 0.337 e. The summed E-state index contributed by atoms with van der Waals surface area (Å²) in [4.78, 5) is 15.8. The third-order valence-electron chi connectivity index (χ3n) is 3.69. The zero-order valence-corrected chi connectivity index (χ0v) is 10.8. The van der Waals surface area contributed by atoms with Crippen LogP contribution in [0.15, 0.2) is 30.3 Å². The molecule has 0 spiro atoms. The molecule has 0 fully saturated rings. The Balaban J connectivity index is 2.25. The Kier molecular flexibility index (Phi) is 2.82. The van der Waals surface area contributed by atoms with Gasteiger partial charge in [-0.3, -0.25) is 4.98 Å². The normalized spacial score (nSPS) is 13.3. The molecule has 1 N–H and O–H groups in total. The van der Waals surface area contributed by atoms with Crippen LogP contribution in [-0.4, -0.2) is 16.1 Å². The van der Waals surface area contributed by atoms with Gasteiger partial charge in [-0.2, -0.15) is 0 Å². The minimum atomic E-state index is -0.898. The van der Waals surface area contributed by atoms with E-state index in [1.54, 1.807) is 13.0 Å². The SMILES string of the molecule is Cc1nc2c(cc1C(=O)O)CCCc1ccccc1-2. The van der Waals surface area contributed by atoms with E-state index in [9.17, 15) is 9.90 Å². The molecule has 2 aromatic rings. The standard InChI is InChI=1S/C16H15NO2/c1-10-14(16(18)19)9-12-7-4-6-11-5-2-3-8-13(11)15(12)17-10/h2-3,5,8-9H,4,6-7H2,1H3,(H,18,19). The summed E-state index contributed by atoms with van der Waals surface area (Å²) in [7, 11) is 0. The van der Waals surface area contributed by atoms with E-state index in [2.05, 4.69) is 17.1 Å². The number of carboxylic acids is 1. The Bertz CT molecular complexity index is 662. The largest absolute Gasteiger partial charge is 0.478 e. The minimum Gasteiger partial charge on any atom is -0.478 e. The summed E-state index contributed by atoms with van der Waals surface area (Å²) in [6.45, 7) is 1.76. The molecule has 96 valence electrons. The summed E-state index contributed by atoms with van der Waals surface area (Å²) < 4.78 is 0. The number of fused-ring (bicyclic) bond motifs is 3. The highest BCUT2D eigenvalue weighted by Crippen LogP contribution is 2.31. The lowest BCUT2D eigenvalue weighted by Gasteiger charge is -2.11. The summed E-state index contributed by atoms with van der Waals surface area (Å²) in [6, 6.07) is 10.1. The van der Waals surface area contributed by atoms with Crippen molar-refractivity contribution in [1.82, 2.24) is 4.98 Å². The van der Waals surface area contributed by atoms with Crippen LogP contribution in [0.1, 0.15) is 33.6 Å². The number of aromatic carboxylic acids is 1. The average Bonchev–Trinajstić information content (AvgIpc) is 2.57. The van der Waals surface area contributed by atoms with Gasteiger partial charge in [0.25, 0.3) is 0 Å². The average molecular weight is 253 g/mol. The van der Waals surface area contributed by atoms with E-state index in [4.69, 9.17) is 0 Å². The van der Waals surface area contributed by atoms with Crippen molar-refractivity contribution in [1.29, 1.82) is 0 Å². The monoisotopic (exact) mass is 253 g/mol. The van der Waals surface area contributed by atoms with Gasteiger partial charge in [0.2, 0.25) is 0 Å². The number of carboxylic acid groups (broad SMARTS) is 1. The summed E-state index contributed by atoms with van der Waals surface area (Å²) >= 11 is 0. The van der Waals surface area contributed by atoms with Crippen molar-refractivity contribution in [2.75, 3.05) is 0 Å². The molecule has 0 amide bonds. The highest BCUT2D eigenvalue weighted by Gasteiger charge is 2.19. The molecule has 0 bridgehead atoms. The number of aromatic nitrogens is 1. The van der Waals surface area contributed by atoms with Gasteiger partial charge in [0.05, 0.1) is 17.0 Å². The van der Waals surface area contributed by atoms with Gasteiger partial charge >= 0.3 is 5.97 Å². The van der Waals surface area contributed by atoms with E-state index in [1.807, 2.05) is 12.1 Å². The van der Waals surface area contributed by atoms with Gasteiger partial charge in [-0.25, -0.2) is 4.79 Å². The molecule has 0 saturated heterocycles. The fraction of sp³-hybridized carbons (Fsp3) is 0.250. The lowest BCUT2D eigenvalue weighted by atomic mass is 10.00. The first-order chi connectivity index (χ1) is 9.16. The van der Waals surface area contributed by atoms with Crippen molar-refractivity contribution in [3.63, 3.8) is 0 Å². The van der Waals surface area contributed by atoms with Crippen LogP contribution < -0.4 is 0 Å². The number of nitrogens with zero attached hydrogens (tertiary/aromatic N) is 1. The van der Waals surface area contributed by atoms with Crippen molar-refractivity contribution >= 4 is 5.97 Å². The Hall–Kier alpha value is -2.16. The molecule has 1 aliphatic rings. The fourth-order valence-corrected chi connectivity index (χ4v) is 2.73. The van der Waals surface area contributed by atoms with E-state index in [1.165, 1.54) is 5.56 Å². The van der Waals surface area contributed by atoms with Gasteiger partial charge in [0, 0.05) is 5.56 Å². The molecule has 1 aliphatic carbocycles. The zero-order valence-electron chi connectivity index (χ0n) is 10.8. The highest BCUT2D eigenvalue weighted by atomic mass is 16.4. The highest BCUT2D eigenvalue weighted by molar-refractivity contribution is 5.90. The Morgan fingerprint density at radius 3 is 2.74 bits per heavy atom. The number of pyridine rings is 1. The first-order valence-corrected chi connectivity index (χ1v) is 6.49. The number of hydrogen-bond donors (Lipinski definition) is 1. The topological polar surface area (TPSA) is 50.2 Å². The van der Waals surface area contributed by atoms with Gasteiger partial charge in [-0.1, -0.05) is 24.3 Å². The number of benzene rings is 1. The molecule has 3 rings (SSSR count). The third-order valence-corrected chi connectivity index (χ3v) is 3.69. The molecule has 3 heteroatoms. The van der Waals surface area contributed by atoms with Gasteiger partial charge in [-0.05, 0) is 43.4 Å². The second kappa shape index (κ2) is 4.50. The molecule has 0 unspecified atom stereocenters. The van der Waals surface area contributed by atoms with Crippen LogP contribution in [0.25, 0.3) is 11.3 Å². The third kappa shape index (κ3) is 2.01. The van der Waals surface area contributed by atoms with Gasteiger partial charge in [0.1, 0.15) is 0 Å². The van der Waals surface area contributed by atoms with E-state index in [-0.39, 0.29) is 0 Å². The predicted molar refractivity (Wildman–Crippen MR) is 73.4 cm³/mol. The molecule has 1 aromatic carbocycles. The summed E-state index contributed by atoms with van der Waals surface area (Å²) in [5, 5.41) is 9.19. The second-order valence-electron chi connectivity index (χ2n) is 4.94. The quantitative estimate of drug-likeness (QED) is 0.848. The molecule has 1 heterocycles. The summed E-state index contributed by atoms with van der Waals surface area (Å²) in [6.07, 6.45) is 2.94. The van der Waals surface area contributed by atoms with E-state index >= 15 is 0 Å². The minimum absolute atomic E-state index is 0.318. The molecule has 1 aromatic heterocycles. The summed E-state index contributed by atoms with van der Waals surface area (Å²) in [5.41, 5.74) is 5.36. The summed E-state index contributed by atoms with van der Waals surface area (Å²) in [5.74, 6) is -0.898. The van der Waals surface area contributed by atoms with Crippen molar-refractivity contribution < 1.29 is 9.90 Å². The molecule has 0 radical (unpaired) electrons.